The minimum atomic E-state index is -0.518. The van der Waals surface area contributed by atoms with Crippen LogP contribution in [-0.2, 0) is 9.57 Å². The van der Waals surface area contributed by atoms with Gasteiger partial charge in [-0.1, -0.05) is 0 Å². The monoisotopic (exact) mass is 315 g/mol. The number of furan rings is 1. The molecule has 0 bridgehead atoms. The maximum absolute atomic E-state index is 12.4. The van der Waals surface area contributed by atoms with Crippen LogP contribution in [0.4, 0.5) is 0 Å². The minimum absolute atomic E-state index is 0.171. The lowest BCUT2D eigenvalue weighted by molar-refractivity contribution is -0.186. The molecule has 0 saturated carbocycles. The van der Waals surface area contributed by atoms with Gasteiger partial charge in [0.1, 0.15) is 23.0 Å². The Morgan fingerprint density at radius 1 is 1.43 bits per heavy atom. The van der Waals surface area contributed by atoms with E-state index < -0.39 is 12.2 Å². The summed E-state index contributed by atoms with van der Waals surface area (Å²) in [6.07, 6.45) is 5.75. The van der Waals surface area contributed by atoms with Crippen molar-refractivity contribution < 1.29 is 18.8 Å². The summed E-state index contributed by atoms with van der Waals surface area (Å²) in [7, 11) is 0. The quantitative estimate of drug-likeness (QED) is 0.875. The molecule has 1 aliphatic heterocycles. The average molecular weight is 315 g/mol. The zero-order chi connectivity index (χ0) is 16.2. The first-order chi connectivity index (χ1) is 11.2. The first-order valence-corrected chi connectivity index (χ1v) is 7.45. The van der Waals surface area contributed by atoms with Crippen molar-refractivity contribution in [3.8, 4) is 12.0 Å². The third-order valence-electron chi connectivity index (χ3n) is 3.66. The number of nitrogens with zero attached hydrogens (tertiary/aromatic N) is 2. The van der Waals surface area contributed by atoms with Crippen molar-refractivity contribution >= 4 is 5.91 Å². The number of hydroxylamine groups is 1. The molecule has 1 saturated heterocycles. The molecule has 1 unspecified atom stereocenters. The maximum Gasteiger partial charge on any atom is 0.279 e. The Balaban J connectivity index is 1.79. The molecule has 3 heterocycles. The lowest BCUT2D eigenvalue weighted by Crippen LogP contribution is -2.33. The third-order valence-corrected chi connectivity index (χ3v) is 3.66. The summed E-state index contributed by atoms with van der Waals surface area (Å²) in [5, 5.41) is 9.41. The molecule has 0 spiro atoms. The van der Waals surface area contributed by atoms with Crippen LogP contribution in [0.25, 0.3) is 5.88 Å². The van der Waals surface area contributed by atoms with Gasteiger partial charge in [0.15, 0.2) is 6.29 Å². The highest BCUT2D eigenvalue weighted by molar-refractivity contribution is 5.97. The van der Waals surface area contributed by atoms with Crippen molar-refractivity contribution in [1.29, 1.82) is 5.26 Å². The first kappa shape index (κ1) is 15.3. The van der Waals surface area contributed by atoms with Gasteiger partial charge in [-0.25, -0.2) is 10.3 Å². The third kappa shape index (κ3) is 3.13. The van der Waals surface area contributed by atoms with Crippen LogP contribution in [0.15, 0.2) is 28.9 Å². The second-order valence-electron chi connectivity index (χ2n) is 5.26. The van der Waals surface area contributed by atoms with Crippen LogP contribution >= 0.6 is 0 Å². The van der Waals surface area contributed by atoms with Gasteiger partial charge in [-0.15, -0.1) is 0 Å². The summed E-state index contributed by atoms with van der Waals surface area (Å²) >= 11 is 0. The van der Waals surface area contributed by atoms with Crippen molar-refractivity contribution in [3.05, 3.63) is 41.4 Å². The normalized spacial score (nSPS) is 17.7. The number of hydrogen-bond acceptors (Lipinski definition) is 5. The molecule has 2 aromatic heterocycles. The first-order valence-electron chi connectivity index (χ1n) is 7.45. The second-order valence-corrected chi connectivity index (χ2v) is 5.26. The number of carbonyl (C=O) groups is 1. The summed E-state index contributed by atoms with van der Waals surface area (Å²) < 4.78 is 12.6. The molecule has 3 rings (SSSR count). The van der Waals surface area contributed by atoms with E-state index in [1.807, 2.05) is 18.2 Å². The lowest BCUT2D eigenvalue weighted by atomic mass is 10.1. The number of aromatic nitrogens is 1. The molecule has 120 valence electrons. The number of nitrogens with one attached hydrogen (secondary N) is 1. The Bertz CT molecular complexity index is 721. The summed E-state index contributed by atoms with van der Waals surface area (Å²) in [5.41, 5.74) is 2.70. The van der Waals surface area contributed by atoms with Crippen LogP contribution in [0.1, 0.15) is 40.9 Å². The van der Waals surface area contributed by atoms with Gasteiger partial charge in [0, 0.05) is 25.4 Å². The Morgan fingerprint density at radius 2 is 2.22 bits per heavy atom. The Labute approximate surface area is 133 Å². The lowest BCUT2D eigenvalue weighted by Gasteiger charge is -2.22. The van der Waals surface area contributed by atoms with E-state index >= 15 is 0 Å². The Morgan fingerprint density at radius 3 is 2.87 bits per heavy atom. The number of aryl methyl sites for hydroxylation is 1. The fourth-order valence-corrected chi connectivity index (χ4v) is 2.53. The summed E-state index contributed by atoms with van der Waals surface area (Å²) in [4.78, 5) is 17.6. The number of carbonyl (C=O) groups excluding carboxylic acids is 1. The largest absolute Gasteiger partial charge is 0.443 e. The van der Waals surface area contributed by atoms with Crippen LogP contribution in [-0.4, -0.2) is 23.4 Å². The van der Waals surface area contributed by atoms with Crippen molar-refractivity contribution in [2.75, 3.05) is 6.61 Å². The highest BCUT2D eigenvalue weighted by Gasteiger charge is 2.25. The van der Waals surface area contributed by atoms with E-state index in [1.165, 1.54) is 0 Å². The van der Waals surface area contributed by atoms with Crippen LogP contribution in [0.5, 0.6) is 0 Å². The number of ether oxygens (including phenoxy) is 1. The number of hydrogen-bond donors (Lipinski definition) is 1. The highest BCUT2D eigenvalue weighted by atomic mass is 16.8. The smallest absolute Gasteiger partial charge is 0.279 e. The minimum Gasteiger partial charge on any atom is -0.443 e. The summed E-state index contributed by atoms with van der Waals surface area (Å²) in [6, 6.07) is 5.65. The van der Waals surface area contributed by atoms with Gasteiger partial charge < -0.3 is 9.15 Å². The van der Waals surface area contributed by atoms with Gasteiger partial charge in [-0.2, -0.15) is 5.26 Å². The molecule has 1 N–H and O–H groups in total. The van der Waals surface area contributed by atoms with Gasteiger partial charge in [0.05, 0.1) is 0 Å². The van der Waals surface area contributed by atoms with E-state index in [0.717, 1.165) is 19.3 Å². The van der Waals surface area contributed by atoms with Gasteiger partial charge >= 0.3 is 0 Å². The Hall–Kier alpha value is -2.56. The van der Waals surface area contributed by atoms with E-state index in [9.17, 15) is 10.1 Å². The van der Waals surface area contributed by atoms with Gasteiger partial charge in [-0.3, -0.25) is 9.36 Å². The predicted molar refractivity (Wildman–Crippen MR) is 79.6 cm³/mol. The van der Waals surface area contributed by atoms with Gasteiger partial charge in [-0.05, 0) is 31.9 Å². The van der Waals surface area contributed by atoms with E-state index in [-0.39, 0.29) is 11.1 Å². The standard InChI is InChI=1S/C16H17N3O4/c1-11-14(15(20)18-23-13-6-2-5-9-21-13)12(10-17)16(22-11)19-7-3-4-8-19/h3-4,7-8,13H,2,5-6,9H2,1H3,(H,18,20). The fourth-order valence-electron chi connectivity index (χ4n) is 2.53. The van der Waals surface area contributed by atoms with Gasteiger partial charge in [0.2, 0.25) is 5.88 Å². The van der Waals surface area contributed by atoms with Crippen LogP contribution in [0.2, 0.25) is 0 Å². The van der Waals surface area contributed by atoms with E-state index in [2.05, 4.69) is 5.48 Å². The molecule has 1 amide bonds. The van der Waals surface area contributed by atoms with Crippen LogP contribution in [0, 0.1) is 18.3 Å². The molecule has 0 radical (unpaired) electrons. The van der Waals surface area contributed by atoms with E-state index in [0.29, 0.717) is 18.3 Å². The number of rotatable bonds is 4. The average Bonchev–Trinajstić information content (AvgIpc) is 3.20. The second kappa shape index (κ2) is 6.69. The molecule has 0 aliphatic carbocycles. The van der Waals surface area contributed by atoms with E-state index in [4.69, 9.17) is 14.0 Å². The van der Waals surface area contributed by atoms with Crippen LogP contribution in [0.3, 0.4) is 0 Å². The van der Waals surface area contributed by atoms with Crippen molar-refractivity contribution in [1.82, 2.24) is 10.0 Å². The van der Waals surface area contributed by atoms with Crippen molar-refractivity contribution in [3.63, 3.8) is 0 Å². The summed E-state index contributed by atoms with van der Waals surface area (Å²) in [6.45, 7) is 2.26. The summed E-state index contributed by atoms with van der Waals surface area (Å²) in [5.74, 6) is 0.153. The molecule has 1 atom stereocenters. The zero-order valence-electron chi connectivity index (χ0n) is 12.7. The molecule has 7 nitrogen and oxygen atoms in total. The van der Waals surface area contributed by atoms with Gasteiger partial charge in [0.25, 0.3) is 5.91 Å². The SMILES string of the molecule is Cc1oc(-n2cccc2)c(C#N)c1C(=O)NOC1CCCCO1. The fraction of sp³-hybridized carbons (Fsp3) is 0.375. The molecule has 7 heteroatoms. The Kier molecular flexibility index (Phi) is 4.46. The molecular formula is C16H17N3O4. The molecule has 1 fully saturated rings. The molecule has 2 aromatic rings. The van der Waals surface area contributed by atoms with Crippen molar-refractivity contribution in [2.24, 2.45) is 0 Å². The number of nitriles is 1. The topological polar surface area (TPSA) is 89.4 Å². The number of amides is 1. The van der Waals surface area contributed by atoms with E-state index in [1.54, 1.807) is 23.9 Å². The maximum atomic E-state index is 12.4. The predicted octanol–water partition coefficient (Wildman–Crippen LogP) is 2.44. The molecular weight excluding hydrogens is 298 g/mol. The van der Waals surface area contributed by atoms with Crippen LogP contribution < -0.4 is 5.48 Å². The molecule has 0 aromatic carbocycles. The molecule has 23 heavy (non-hydrogen) atoms. The molecule has 1 aliphatic rings. The van der Waals surface area contributed by atoms with Crippen molar-refractivity contribution in [2.45, 2.75) is 32.5 Å². The zero-order valence-corrected chi connectivity index (χ0v) is 12.7. The highest BCUT2D eigenvalue weighted by Crippen LogP contribution is 2.25.